The van der Waals surface area contributed by atoms with E-state index in [2.05, 4.69) is 14.7 Å². The number of methoxy groups -OCH3 is 1. The fourth-order valence-corrected chi connectivity index (χ4v) is 1.62. The van der Waals surface area contributed by atoms with E-state index in [1.54, 1.807) is 0 Å². The van der Waals surface area contributed by atoms with E-state index in [0.29, 0.717) is 5.56 Å². The maximum Gasteiger partial charge on any atom is 0.345 e. The van der Waals surface area contributed by atoms with Crippen LogP contribution in [0.4, 0.5) is 4.39 Å². The van der Waals surface area contributed by atoms with Gasteiger partial charge in [-0.3, -0.25) is 4.79 Å². The van der Waals surface area contributed by atoms with Crippen LogP contribution in [-0.4, -0.2) is 23.0 Å². The Labute approximate surface area is 112 Å². The predicted octanol–water partition coefficient (Wildman–Crippen LogP) is 2.02. The van der Waals surface area contributed by atoms with Gasteiger partial charge in [-0.05, 0) is 18.2 Å². The molecule has 0 aliphatic heterocycles. The lowest BCUT2D eigenvalue weighted by atomic mass is 10.2. The fourth-order valence-electron chi connectivity index (χ4n) is 1.44. The van der Waals surface area contributed by atoms with Crippen LogP contribution in [0.2, 0.25) is 5.02 Å². The molecule has 0 fully saturated rings. The number of H-pyrrole nitrogens is 1. The Morgan fingerprint density at radius 2 is 2.21 bits per heavy atom. The Kier molecular flexibility index (Phi) is 3.62. The maximum atomic E-state index is 13.0. The highest BCUT2D eigenvalue weighted by molar-refractivity contribution is 6.31. The second-order valence-corrected chi connectivity index (χ2v) is 4.00. The van der Waals surface area contributed by atoms with Crippen molar-refractivity contribution in [1.29, 1.82) is 0 Å². The number of carbonyl (C=O) groups is 1. The minimum absolute atomic E-state index is 0.0859. The molecule has 98 valence electrons. The Balaban J connectivity index is 2.47. The molecule has 7 heteroatoms. The summed E-state index contributed by atoms with van der Waals surface area (Å²) in [4.78, 5) is 29.2. The molecule has 1 aromatic heterocycles. The SMILES string of the molecule is COC(=O)c1cnc(-c2ccc(F)c(Cl)c2)[nH]c1=O. The lowest BCUT2D eigenvalue weighted by Gasteiger charge is -2.03. The average Bonchev–Trinajstić information content (AvgIpc) is 2.41. The highest BCUT2D eigenvalue weighted by Gasteiger charge is 2.13. The number of benzene rings is 1. The smallest absolute Gasteiger partial charge is 0.345 e. The number of halogens is 2. The number of aromatic nitrogens is 2. The number of ether oxygens (including phenoxy) is 1. The molecule has 0 spiro atoms. The molecule has 0 aliphatic carbocycles. The van der Waals surface area contributed by atoms with Crippen LogP contribution in [0.3, 0.4) is 0 Å². The lowest BCUT2D eigenvalue weighted by Crippen LogP contribution is -2.20. The molecule has 2 rings (SSSR count). The first-order valence-electron chi connectivity index (χ1n) is 5.16. The first-order valence-corrected chi connectivity index (χ1v) is 5.54. The standard InChI is InChI=1S/C12H8ClFN2O3/c1-19-12(18)7-5-15-10(16-11(7)17)6-2-3-9(14)8(13)4-6/h2-5H,1H3,(H,15,16,17). The van der Waals surface area contributed by atoms with Gasteiger partial charge in [0.15, 0.2) is 0 Å². The zero-order valence-electron chi connectivity index (χ0n) is 9.74. The van der Waals surface area contributed by atoms with Crippen molar-refractivity contribution < 1.29 is 13.9 Å². The molecule has 0 saturated heterocycles. The van der Waals surface area contributed by atoms with E-state index in [0.717, 1.165) is 19.4 Å². The molecule has 0 amide bonds. The molecule has 1 aromatic carbocycles. The molecule has 0 saturated carbocycles. The molecular formula is C12H8ClFN2O3. The normalized spacial score (nSPS) is 10.3. The molecule has 0 atom stereocenters. The van der Waals surface area contributed by atoms with Crippen LogP contribution in [-0.2, 0) is 4.74 Å². The highest BCUT2D eigenvalue weighted by Crippen LogP contribution is 2.21. The summed E-state index contributed by atoms with van der Waals surface area (Å²) in [5.74, 6) is -1.17. The van der Waals surface area contributed by atoms with Crippen molar-refractivity contribution in [1.82, 2.24) is 9.97 Å². The zero-order valence-corrected chi connectivity index (χ0v) is 10.5. The summed E-state index contributed by atoms with van der Waals surface area (Å²) in [7, 11) is 1.16. The van der Waals surface area contributed by atoms with Gasteiger partial charge in [-0.15, -0.1) is 0 Å². The van der Waals surface area contributed by atoms with Crippen LogP contribution >= 0.6 is 11.6 Å². The molecule has 2 aromatic rings. The van der Waals surface area contributed by atoms with E-state index in [1.807, 2.05) is 0 Å². The number of esters is 1. The quantitative estimate of drug-likeness (QED) is 0.855. The van der Waals surface area contributed by atoms with Crippen molar-refractivity contribution in [2.75, 3.05) is 7.11 Å². The second kappa shape index (κ2) is 5.19. The van der Waals surface area contributed by atoms with Gasteiger partial charge in [0.1, 0.15) is 17.2 Å². The molecule has 0 bridgehead atoms. The highest BCUT2D eigenvalue weighted by atomic mass is 35.5. The zero-order chi connectivity index (χ0) is 14.0. The Bertz CT molecular complexity index is 700. The van der Waals surface area contributed by atoms with Gasteiger partial charge in [0.2, 0.25) is 0 Å². The van der Waals surface area contributed by atoms with Gasteiger partial charge in [0.05, 0.1) is 12.1 Å². The number of hydrogen-bond donors (Lipinski definition) is 1. The molecule has 0 aliphatic rings. The van der Waals surface area contributed by atoms with Gasteiger partial charge < -0.3 is 9.72 Å². The number of rotatable bonds is 2. The lowest BCUT2D eigenvalue weighted by molar-refractivity contribution is 0.0598. The second-order valence-electron chi connectivity index (χ2n) is 3.60. The predicted molar refractivity (Wildman–Crippen MR) is 66.6 cm³/mol. The van der Waals surface area contributed by atoms with E-state index >= 15 is 0 Å². The average molecular weight is 283 g/mol. The molecule has 5 nitrogen and oxygen atoms in total. The van der Waals surface area contributed by atoms with Gasteiger partial charge in [-0.1, -0.05) is 11.6 Å². The summed E-state index contributed by atoms with van der Waals surface area (Å²) < 4.78 is 17.5. The molecule has 1 N–H and O–H groups in total. The van der Waals surface area contributed by atoms with Crippen molar-refractivity contribution in [3.8, 4) is 11.4 Å². The number of carbonyl (C=O) groups excluding carboxylic acids is 1. The van der Waals surface area contributed by atoms with Crippen LogP contribution in [0.15, 0.2) is 29.2 Å². The summed E-state index contributed by atoms with van der Waals surface area (Å²) >= 11 is 5.64. The summed E-state index contributed by atoms with van der Waals surface area (Å²) in [5.41, 5.74) is -0.420. The van der Waals surface area contributed by atoms with E-state index in [-0.39, 0.29) is 16.4 Å². The maximum absolute atomic E-state index is 13.0. The van der Waals surface area contributed by atoms with Gasteiger partial charge in [0, 0.05) is 11.8 Å². The van der Waals surface area contributed by atoms with Crippen molar-refractivity contribution in [3.63, 3.8) is 0 Å². The third kappa shape index (κ3) is 2.63. The third-order valence-corrected chi connectivity index (χ3v) is 2.69. The van der Waals surface area contributed by atoms with Gasteiger partial charge in [-0.25, -0.2) is 14.2 Å². The summed E-state index contributed by atoms with van der Waals surface area (Å²) in [6.07, 6.45) is 1.09. The van der Waals surface area contributed by atoms with Crippen molar-refractivity contribution >= 4 is 17.6 Å². The molecule has 19 heavy (non-hydrogen) atoms. The van der Waals surface area contributed by atoms with Gasteiger partial charge in [0.25, 0.3) is 5.56 Å². The third-order valence-electron chi connectivity index (χ3n) is 2.40. The molecular weight excluding hydrogens is 275 g/mol. The van der Waals surface area contributed by atoms with Gasteiger partial charge >= 0.3 is 5.97 Å². The minimum atomic E-state index is -0.780. The molecule has 0 radical (unpaired) electrons. The first-order chi connectivity index (χ1) is 9.02. The number of aromatic amines is 1. The Morgan fingerprint density at radius 1 is 1.47 bits per heavy atom. The summed E-state index contributed by atoms with van der Waals surface area (Å²) in [5, 5.41) is -0.0859. The van der Waals surface area contributed by atoms with Crippen molar-refractivity contribution in [2.45, 2.75) is 0 Å². The van der Waals surface area contributed by atoms with Crippen LogP contribution < -0.4 is 5.56 Å². The van der Waals surface area contributed by atoms with E-state index in [9.17, 15) is 14.0 Å². The number of nitrogens with one attached hydrogen (secondary N) is 1. The summed E-state index contributed by atoms with van der Waals surface area (Å²) in [6, 6.07) is 3.90. The summed E-state index contributed by atoms with van der Waals surface area (Å²) in [6.45, 7) is 0. The number of hydrogen-bond acceptors (Lipinski definition) is 4. The molecule has 0 unspecified atom stereocenters. The van der Waals surface area contributed by atoms with Crippen LogP contribution in [0.5, 0.6) is 0 Å². The number of nitrogens with zero attached hydrogens (tertiary/aromatic N) is 1. The van der Waals surface area contributed by atoms with Crippen LogP contribution in [0.25, 0.3) is 11.4 Å². The van der Waals surface area contributed by atoms with Gasteiger partial charge in [-0.2, -0.15) is 0 Å². The van der Waals surface area contributed by atoms with E-state index < -0.39 is 17.3 Å². The Hall–Kier alpha value is -2.21. The van der Waals surface area contributed by atoms with Crippen LogP contribution in [0, 0.1) is 5.82 Å². The van der Waals surface area contributed by atoms with Crippen LogP contribution in [0.1, 0.15) is 10.4 Å². The monoisotopic (exact) mass is 282 g/mol. The topological polar surface area (TPSA) is 72.0 Å². The first kappa shape index (κ1) is 13.2. The fraction of sp³-hybridized carbons (Fsp3) is 0.0833. The van der Waals surface area contributed by atoms with Crippen molar-refractivity contribution in [2.24, 2.45) is 0 Å². The Morgan fingerprint density at radius 3 is 2.79 bits per heavy atom. The minimum Gasteiger partial charge on any atom is -0.465 e. The van der Waals surface area contributed by atoms with E-state index in [4.69, 9.17) is 11.6 Å². The van der Waals surface area contributed by atoms with E-state index in [1.165, 1.54) is 12.1 Å². The molecule has 1 heterocycles. The largest absolute Gasteiger partial charge is 0.465 e. The van der Waals surface area contributed by atoms with Crippen molar-refractivity contribution in [3.05, 3.63) is 51.2 Å².